The van der Waals surface area contributed by atoms with Crippen molar-refractivity contribution >= 4 is 6.09 Å². The number of hydrogen-bond donors (Lipinski definition) is 1. The van der Waals surface area contributed by atoms with Gasteiger partial charge in [0.15, 0.2) is 0 Å². The monoisotopic (exact) mass is 276 g/mol. The van der Waals surface area contributed by atoms with Gasteiger partial charge in [-0.1, -0.05) is 29.8 Å². The lowest BCUT2D eigenvalue weighted by Crippen LogP contribution is -2.36. The minimum Gasteiger partial charge on any atom is -0.444 e. The number of carbonyl (C=O) groups is 1. The highest BCUT2D eigenvalue weighted by molar-refractivity contribution is 5.69. The molecule has 1 fully saturated rings. The first-order valence-electron chi connectivity index (χ1n) is 7.06. The van der Waals surface area contributed by atoms with E-state index in [0.29, 0.717) is 13.1 Å². The highest BCUT2D eigenvalue weighted by atomic mass is 16.6. The fraction of sp³-hybridized carbons (Fsp3) is 0.562. The maximum Gasteiger partial charge on any atom is 0.410 e. The smallest absolute Gasteiger partial charge is 0.410 e. The van der Waals surface area contributed by atoms with Crippen LogP contribution in [-0.4, -0.2) is 35.7 Å². The van der Waals surface area contributed by atoms with E-state index in [0.717, 1.165) is 0 Å². The Hall–Kier alpha value is -1.55. The fourth-order valence-corrected chi connectivity index (χ4v) is 2.47. The molecule has 0 aliphatic carbocycles. The third-order valence-corrected chi connectivity index (χ3v) is 3.52. The van der Waals surface area contributed by atoms with Gasteiger partial charge in [-0.25, -0.2) is 4.79 Å². The van der Waals surface area contributed by atoms with E-state index in [2.05, 4.69) is 31.2 Å². The minimum absolute atomic E-state index is 0.0368. The lowest BCUT2D eigenvalue weighted by atomic mass is 9.94. The second-order valence-electron chi connectivity index (χ2n) is 6.57. The summed E-state index contributed by atoms with van der Waals surface area (Å²) < 4.78 is 5.40. The zero-order valence-electron chi connectivity index (χ0n) is 12.7. The second-order valence-corrected chi connectivity index (χ2v) is 6.57. The lowest BCUT2D eigenvalue weighted by Gasteiger charge is -2.24. The van der Waals surface area contributed by atoms with E-state index >= 15 is 0 Å². The van der Waals surface area contributed by atoms with Crippen LogP contribution in [0.5, 0.6) is 0 Å². The molecule has 1 aliphatic heterocycles. The highest BCUT2D eigenvalue weighted by Gasteiger charge is 2.35. The Bertz CT molecular complexity index is 476. The van der Waals surface area contributed by atoms with Gasteiger partial charge in [0.2, 0.25) is 0 Å². The molecule has 4 heteroatoms. The van der Waals surface area contributed by atoms with Gasteiger partial charge in [0.05, 0.1) is 0 Å². The number of ether oxygens (including phenoxy) is 1. The standard InChI is InChI=1S/C16H24N2O2/c1-11-5-7-12(8-6-11)13-9-18(10-14(13)17)15(19)20-16(2,3)4/h5-8,13-14H,9-10,17H2,1-4H3/t13-,14+/m1/s1. The molecule has 1 amide bonds. The molecule has 1 aromatic carbocycles. The minimum atomic E-state index is -0.469. The van der Waals surface area contributed by atoms with Gasteiger partial charge in [-0.15, -0.1) is 0 Å². The number of nitrogens with two attached hydrogens (primary N) is 1. The van der Waals surface area contributed by atoms with E-state index in [-0.39, 0.29) is 18.1 Å². The Morgan fingerprint density at radius 2 is 1.85 bits per heavy atom. The maximum atomic E-state index is 12.1. The molecule has 4 nitrogen and oxygen atoms in total. The van der Waals surface area contributed by atoms with Crippen LogP contribution in [0.3, 0.4) is 0 Å². The molecular weight excluding hydrogens is 252 g/mol. The van der Waals surface area contributed by atoms with Crippen molar-refractivity contribution in [3.63, 3.8) is 0 Å². The van der Waals surface area contributed by atoms with Crippen LogP contribution in [0.1, 0.15) is 37.8 Å². The van der Waals surface area contributed by atoms with Crippen LogP contribution in [0.15, 0.2) is 24.3 Å². The van der Waals surface area contributed by atoms with Crippen LogP contribution in [0.4, 0.5) is 4.79 Å². The van der Waals surface area contributed by atoms with E-state index in [4.69, 9.17) is 10.5 Å². The Balaban J connectivity index is 2.05. The normalized spacial score (nSPS) is 22.9. The van der Waals surface area contributed by atoms with Crippen molar-refractivity contribution in [1.29, 1.82) is 0 Å². The summed E-state index contributed by atoms with van der Waals surface area (Å²) in [5, 5.41) is 0. The Kier molecular flexibility index (Phi) is 4.04. The fourth-order valence-electron chi connectivity index (χ4n) is 2.47. The summed E-state index contributed by atoms with van der Waals surface area (Å²) in [6.07, 6.45) is -0.275. The summed E-state index contributed by atoms with van der Waals surface area (Å²) in [4.78, 5) is 13.8. The number of hydrogen-bond acceptors (Lipinski definition) is 3. The summed E-state index contributed by atoms with van der Waals surface area (Å²) in [7, 11) is 0. The molecule has 0 unspecified atom stereocenters. The van der Waals surface area contributed by atoms with Crippen LogP contribution in [0, 0.1) is 6.92 Å². The molecule has 20 heavy (non-hydrogen) atoms. The van der Waals surface area contributed by atoms with Gasteiger partial charge in [-0.3, -0.25) is 0 Å². The van der Waals surface area contributed by atoms with Crippen LogP contribution < -0.4 is 5.73 Å². The molecule has 2 N–H and O–H groups in total. The lowest BCUT2D eigenvalue weighted by molar-refractivity contribution is 0.0290. The van der Waals surface area contributed by atoms with Crippen LogP contribution >= 0.6 is 0 Å². The van der Waals surface area contributed by atoms with Crippen molar-refractivity contribution < 1.29 is 9.53 Å². The number of amides is 1. The van der Waals surface area contributed by atoms with Crippen LogP contribution in [0.25, 0.3) is 0 Å². The van der Waals surface area contributed by atoms with E-state index < -0.39 is 5.60 Å². The average molecular weight is 276 g/mol. The summed E-state index contributed by atoms with van der Waals surface area (Å²) in [5.41, 5.74) is 8.14. The van der Waals surface area contributed by atoms with Gasteiger partial charge in [0.1, 0.15) is 5.60 Å². The zero-order valence-corrected chi connectivity index (χ0v) is 12.7. The number of carbonyl (C=O) groups excluding carboxylic acids is 1. The zero-order chi connectivity index (χ0) is 14.9. The Morgan fingerprint density at radius 3 is 2.40 bits per heavy atom. The van der Waals surface area contributed by atoms with Crippen molar-refractivity contribution in [2.75, 3.05) is 13.1 Å². The average Bonchev–Trinajstić information content (AvgIpc) is 2.70. The highest BCUT2D eigenvalue weighted by Crippen LogP contribution is 2.27. The number of nitrogens with zero attached hydrogens (tertiary/aromatic N) is 1. The van der Waals surface area contributed by atoms with E-state index in [1.807, 2.05) is 20.8 Å². The molecule has 0 spiro atoms. The predicted molar refractivity (Wildman–Crippen MR) is 79.7 cm³/mol. The molecule has 0 bridgehead atoms. The molecule has 0 saturated carbocycles. The van der Waals surface area contributed by atoms with Crippen LogP contribution in [0.2, 0.25) is 0 Å². The molecule has 0 aromatic heterocycles. The summed E-state index contributed by atoms with van der Waals surface area (Å²) in [6.45, 7) is 8.85. The third kappa shape index (κ3) is 3.51. The molecule has 1 heterocycles. The molecule has 1 saturated heterocycles. The van der Waals surface area contributed by atoms with Crippen molar-refractivity contribution in [3.8, 4) is 0 Å². The molecule has 110 valence electrons. The van der Waals surface area contributed by atoms with Crippen molar-refractivity contribution in [3.05, 3.63) is 35.4 Å². The van der Waals surface area contributed by atoms with Gasteiger partial charge >= 0.3 is 6.09 Å². The van der Waals surface area contributed by atoms with Crippen molar-refractivity contribution in [2.24, 2.45) is 5.73 Å². The van der Waals surface area contributed by atoms with E-state index in [1.165, 1.54) is 11.1 Å². The first-order chi connectivity index (χ1) is 9.26. The quantitative estimate of drug-likeness (QED) is 0.858. The van der Waals surface area contributed by atoms with Gasteiger partial charge in [0.25, 0.3) is 0 Å². The van der Waals surface area contributed by atoms with Gasteiger partial charge in [-0.2, -0.15) is 0 Å². The third-order valence-electron chi connectivity index (χ3n) is 3.52. The van der Waals surface area contributed by atoms with E-state index in [1.54, 1.807) is 4.90 Å². The summed E-state index contributed by atoms with van der Waals surface area (Å²) >= 11 is 0. The SMILES string of the molecule is Cc1ccc([C@H]2CN(C(=O)OC(C)(C)C)C[C@@H]2N)cc1. The van der Waals surface area contributed by atoms with Gasteiger partial charge in [0, 0.05) is 25.0 Å². The topological polar surface area (TPSA) is 55.6 Å². The number of benzene rings is 1. The molecule has 2 atom stereocenters. The Morgan fingerprint density at radius 1 is 1.25 bits per heavy atom. The summed E-state index contributed by atoms with van der Waals surface area (Å²) in [5.74, 6) is 0.183. The predicted octanol–water partition coefficient (Wildman–Crippen LogP) is 2.66. The number of rotatable bonds is 1. The molecule has 2 rings (SSSR count). The number of likely N-dealkylation sites (tertiary alicyclic amines) is 1. The number of aryl methyl sites for hydroxylation is 1. The maximum absolute atomic E-state index is 12.1. The summed E-state index contributed by atoms with van der Waals surface area (Å²) in [6, 6.07) is 8.32. The molecular formula is C16H24N2O2. The van der Waals surface area contributed by atoms with Crippen molar-refractivity contribution in [1.82, 2.24) is 4.90 Å². The van der Waals surface area contributed by atoms with Gasteiger partial charge < -0.3 is 15.4 Å². The second kappa shape index (κ2) is 5.44. The van der Waals surface area contributed by atoms with Crippen LogP contribution in [-0.2, 0) is 4.74 Å². The molecule has 1 aromatic rings. The van der Waals surface area contributed by atoms with Crippen molar-refractivity contribution in [2.45, 2.75) is 45.3 Å². The largest absolute Gasteiger partial charge is 0.444 e. The first-order valence-corrected chi connectivity index (χ1v) is 7.06. The molecule has 0 radical (unpaired) electrons. The first kappa shape index (κ1) is 14.9. The van der Waals surface area contributed by atoms with Gasteiger partial charge in [-0.05, 0) is 33.3 Å². The molecule has 1 aliphatic rings. The Labute approximate surface area is 120 Å². The van der Waals surface area contributed by atoms with E-state index in [9.17, 15) is 4.79 Å².